The van der Waals surface area contributed by atoms with Gasteiger partial charge >= 0.3 is 0 Å². The Kier molecular flexibility index (Phi) is 5.86. The molecule has 1 amide bonds. The predicted octanol–water partition coefficient (Wildman–Crippen LogP) is 5.10. The maximum absolute atomic E-state index is 12.8. The van der Waals surface area contributed by atoms with Gasteiger partial charge in [0.1, 0.15) is 6.29 Å². The largest absolute Gasteiger partial charge is 0.386 e. The van der Waals surface area contributed by atoms with Gasteiger partial charge in [-0.15, -0.1) is 0 Å². The van der Waals surface area contributed by atoms with Crippen molar-refractivity contribution in [3.8, 4) is 0 Å². The van der Waals surface area contributed by atoms with Crippen LogP contribution in [0.5, 0.6) is 0 Å². The second kappa shape index (κ2) is 8.44. The van der Waals surface area contributed by atoms with Crippen molar-refractivity contribution in [3.63, 3.8) is 0 Å². The third kappa shape index (κ3) is 4.50. The van der Waals surface area contributed by atoms with E-state index in [0.717, 1.165) is 42.9 Å². The molecule has 1 aliphatic carbocycles. The number of nitrogens with zero attached hydrogens (tertiary/aromatic N) is 2. The van der Waals surface area contributed by atoms with Crippen molar-refractivity contribution in [3.05, 3.63) is 58.7 Å². The minimum absolute atomic E-state index is 0.148. The number of aromatic nitrogens is 2. The van der Waals surface area contributed by atoms with E-state index in [4.69, 9.17) is 16.7 Å². The van der Waals surface area contributed by atoms with Gasteiger partial charge in [-0.1, -0.05) is 23.7 Å². The third-order valence-corrected chi connectivity index (χ3v) is 6.32. The number of carbonyl (C=O) groups excluding carboxylic acids is 2. The van der Waals surface area contributed by atoms with E-state index < -0.39 is 5.60 Å². The molecular formula is C24H26ClN3O3. The summed E-state index contributed by atoms with van der Waals surface area (Å²) < 4.78 is 1.96. The molecule has 4 rings (SSSR count). The van der Waals surface area contributed by atoms with E-state index in [1.807, 2.05) is 23.0 Å². The highest BCUT2D eigenvalue weighted by molar-refractivity contribution is 6.34. The summed E-state index contributed by atoms with van der Waals surface area (Å²) in [5, 5.41) is 19.6. The lowest BCUT2D eigenvalue weighted by molar-refractivity contribution is -0.112. The quantitative estimate of drug-likeness (QED) is 0.541. The molecule has 1 heterocycles. The number of hydrogen-bond donors (Lipinski definition) is 2. The minimum Gasteiger partial charge on any atom is -0.386 e. The average Bonchev–Trinajstić information content (AvgIpc) is 3.16. The van der Waals surface area contributed by atoms with Crippen LogP contribution in [0.1, 0.15) is 61.5 Å². The van der Waals surface area contributed by atoms with Gasteiger partial charge in [-0.05, 0) is 63.8 Å². The van der Waals surface area contributed by atoms with E-state index in [1.165, 1.54) is 0 Å². The molecule has 7 heteroatoms. The number of rotatable bonds is 5. The van der Waals surface area contributed by atoms with Gasteiger partial charge in [0.2, 0.25) is 0 Å². The Hall–Kier alpha value is -2.70. The molecular weight excluding hydrogens is 414 g/mol. The smallest absolute Gasteiger partial charge is 0.257 e. The molecule has 162 valence electrons. The first-order valence-electron chi connectivity index (χ1n) is 10.5. The number of amides is 1. The number of hydrogen-bond acceptors (Lipinski definition) is 4. The monoisotopic (exact) mass is 439 g/mol. The van der Waals surface area contributed by atoms with Crippen LogP contribution in [-0.4, -0.2) is 27.1 Å². The average molecular weight is 440 g/mol. The summed E-state index contributed by atoms with van der Waals surface area (Å²) in [6.07, 6.45) is 6.59. The van der Waals surface area contributed by atoms with Gasteiger partial charge in [0, 0.05) is 28.8 Å². The van der Waals surface area contributed by atoms with Gasteiger partial charge in [-0.25, -0.2) is 0 Å². The van der Waals surface area contributed by atoms with Gasteiger partial charge in [0.25, 0.3) is 5.91 Å². The van der Waals surface area contributed by atoms with Crippen LogP contribution in [0.4, 0.5) is 5.69 Å². The Morgan fingerprint density at radius 3 is 2.58 bits per heavy atom. The number of fused-ring (bicyclic) bond motifs is 1. The topological polar surface area (TPSA) is 84.2 Å². The second-order valence-corrected chi connectivity index (χ2v) is 9.17. The van der Waals surface area contributed by atoms with Crippen molar-refractivity contribution in [2.45, 2.75) is 51.2 Å². The van der Waals surface area contributed by atoms with Crippen LogP contribution in [-0.2, 0) is 10.4 Å². The van der Waals surface area contributed by atoms with Crippen molar-refractivity contribution in [2.24, 2.45) is 5.92 Å². The van der Waals surface area contributed by atoms with Gasteiger partial charge in [-0.2, -0.15) is 5.10 Å². The van der Waals surface area contributed by atoms with E-state index in [-0.39, 0.29) is 17.9 Å². The van der Waals surface area contributed by atoms with Crippen LogP contribution in [0.2, 0.25) is 5.02 Å². The van der Waals surface area contributed by atoms with Crippen molar-refractivity contribution >= 4 is 40.4 Å². The molecule has 0 aliphatic heterocycles. The first kappa shape index (κ1) is 21.5. The van der Waals surface area contributed by atoms with Crippen molar-refractivity contribution < 1.29 is 14.7 Å². The van der Waals surface area contributed by atoms with Crippen LogP contribution in [0.25, 0.3) is 10.9 Å². The summed E-state index contributed by atoms with van der Waals surface area (Å²) in [6.45, 7) is 3.36. The van der Waals surface area contributed by atoms with Crippen LogP contribution >= 0.6 is 11.6 Å². The van der Waals surface area contributed by atoms with E-state index in [1.54, 1.807) is 38.1 Å². The molecule has 0 atom stereocenters. The highest BCUT2D eigenvalue weighted by Gasteiger charge is 2.26. The first-order valence-corrected chi connectivity index (χ1v) is 10.9. The van der Waals surface area contributed by atoms with E-state index in [0.29, 0.717) is 21.8 Å². The molecule has 0 spiro atoms. The van der Waals surface area contributed by atoms with Crippen LogP contribution in [0.15, 0.2) is 42.6 Å². The molecule has 0 radical (unpaired) electrons. The third-order valence-electron chi connectivity index (χ3n) is 6.00. The molecule has 1 aliphatic rings. The number of benzene rings is 2. The SMILES string of the molecule is CC(C)(O)c1cc2nn(C3CCC(C=O)CC3)cc2cc1NC(=O)c1ccccc1Cl. The lowest BCUT2D eigenvalue weighted by Crippen LogP contribution is -2.21. The zero-order valence-corrected chi connectivity index (χ0v) is 18.4. The highest BCUT2D eigenvalue weighted by Crippen LogP contribution is 2.35. The summed E-state index contributed by atoms with van der Waals surface area (Å²) in [6, 6.07) is 10.8. The van der Waals surface area contributed by atoms with E-state index >= 15 is 0 Å². The zero-order valence-electron chi connectivity index (χ0n) is 17.6. The molecule has 2 N–H and O–H groups in total. The number of nitrogens with one attached hydrogen (secondary N) is 1. The maximum Gasteiger partial charge on any atom is 0.257 e. The van der Waals surface area contributed by atoms with Crippen molar-refractivity contribution in [1.82, 2.24) is 9.78 Å². The first-order chi connectivity index (χ1) is 14.8. The Balaban J connectivity index is 1.68. The molecule has 1 fully saturated rings. The summed E-state index contributed by atoms with van der Waals surface area (Å²) in [4.78, 5) is 23.9. The predicted molar refractivity (Wildman–Crippen MR) is 121 cm³/mol. The van der Waals surface area contributed by atoms with Crippen molar-refractivity contribution in [2.75, 3.05) is 5.32 Å². The highest BCUT2D eigenvalue weighted by atomic mass is 35.5. The van der Waals surface area contributed by atoms with Gasteiger partial charge < -0.3 is 15.2 Å². The van der Waals surface area contributed by atoms with Crippen molar-refractivity contribution in [1.29, 1.82) is 0 Å². The lowest BCUT2D eigenvalue weighted by Gasteiger charge is -2.25. The van der Waals surface area contributed by atoms with Gasteiger partial charge in [0.05, 0.1) is 27.7 Å². The summed E-state index contributed by atoms with van der Waals surface area (Å²) in [7, 11) is 0. The molecule has 6 nitrogen and oxygen atoms in total. The van der Waals surface area contributed by atoms with Crippen LogP contribution in [0.3, 0.4) is 0 Å². The lowest BCUT2D eigenvalue weighted by atomic mass is 9.87. The van der Waals surface area contributed by atoms with E-state index in [2.05, 4.69) is 5.32 Å². The fourth-order valence-corrected chi connectivity index (χ4v) is 4.45. The number of aldehydes is 1. The normalized spacial score (nSPS) is 19.4. The Bertz CT molecular complexity index is 1120. The second-order valence-electron chi connectivity index (χ2n) is 8.76. The standard InChI is InChI=1S/C24H26ClN3O3/c1-24(2,31)19-12-21-16(13-28(27-21)17-9-7-15(14-29)8-10-17)11-22(19)26-23(30)18-5-3-4-6-20(18)25/h3-6,11-15,17,31H,7-10H2,1-2H3,(H,26,30). The number of halogens is 1. The molecule has 3 aromatic rings. The molecule has 0 bridgehead atoms. The van der Waals surface area contributed by atoms with Gasteiger partial charge in [-0.3, -0.25) is 9.48 Å². The fourth-order valence-electron chi connectivity index (χ4n) is 4.22. The summed E-state index contributed by atoms with van der Waals surface area (Å²) in [5.74, 6) is -0.190. The Labute approximate surface area is 186 Å². The zero-order chi connectivity index (χ0) is 22.2. The Morgan fingerprint density at radius 1 is 1.23 bits per heavy atom. The Morgan fingerprint density at radius 2 is 1.94 bits per heavy atom. The molecule has 0 unspecified atom stereocenters. The van der Waals surface area contributed by atoms with E-state index in [9.17, 15) is 14.7 Å². The van der Waals surface area contributed by atoms with Crippen LogP contribution in [0, 0.1) is 5.92 Å². The molecule has 1 aromatic heterocycles. The number of anilines is 1. The molecule has 2 aromatic carbocycles. The minimum atomic E-state index is -1.18. The molecule has 1 saturated carbocycles. The molecule has 0 saturated heterocycles. The summed E-state index contributed by atoms with van der Waals surface area (Å²) >= 11 is 6.17. The maximum atomic E-state index is 12.8. The molecule has 31 heavy (non-hydrogen) atoms. The fraction of sp³-hybridized carbons (Fsp3) is 0.375. The number of carbonyl (C=O) groups is 2. The van der Waals surface area contributed by atoms with Crippen LogP contribution < -0.4 is 5.32 Å². The van der Waals surface area contributed by atoms with Gasteiger partial charge in [0.15, 0.2) is 0 Å². The summed E-state index contributed by atoms with van der Waals surface area (Å²) in [5.41, 5.74) is 1.05. The number of aliphatic hydroxyl groups is 1.